The first-order valence-electron chi connectivity index (χ1n) is 25.8. The molecule has 0 radical (unpaired) electrons. The van der Waals surface area contributed by atoms with Crippen molar-refractivity contribution in [2.24, 2.45) is 23.3 Å². The van der Waals surface area contributed by atoms with Crippen molar-refractivity contribution < 1.29 is 73.2 Å². The van der Waals surface area contributed by atoms with Crippen molar-refractivity contribution in [1.29, 1.82) is 0 Å². The Labute approximate surface area is 452 Å². The predicted molar refractivity (Wildman–Crippen MR) is 283 cm³/mol. The van der Waals surface area contributed by atoms with Crippen LogP contribution >= 0.6 is 11.8 Å². The van der Waals surface area contributed by atoms with E-state index in [1.54, 1.807) is 50.4 Å². The number of carboxylic acids is 2. The van der Waals surface area contributed by atoms with Gasteiger partial charge in [0.25, 0.3) is 0 Å². The third-order valence-corrected chi connectivity index (χ3v) is 13.0. The molecule has 26 nitrogen and oxygen atoms in total. The molecule has 27 heteroatoms. The fourth-order valence-electron chi connectivity index (χ4n) is 8.20. The summed E-state index contributed by atoms with van der Waals surface area (Å²) in [4.78, 5) is 147. The molecule has 9 amide bonds. The van der Waals surface area contributed by atoms with E-state index in [4.69, 9.17) is 16.6 Å². The van der Waals surface area contributed by atoms with Gasteiger partial charge in [0.15, 0.2) is 0 Å². The zero-order valence-corrected chi connectivity index (χ0v) is 45.5. The zero-order valence-electron chi connectivity index (χ0n) is 44.7. The number of thioether (sulfide) groups is 1. The van der Waals surface area contributed by atoms with E-state index in [0.717, 1.165) is 4.90 Å². The van der Waals surface area contributed by atoms with Crippen LogP contribution in [0.2, 0.25) is 0 Å². The monoisotopic (exact) mass is 1110 g/mol. The van der Waals surface area contributed by atoms with E-state index in [1.807, 2.05) is 13.8 Å². The molecule has 0 aliphatic carbocycles. The van der Waals surface area contributed by atoms with E-state index >= 15 is 0 Å². The highest BCUT2D eigenvalue weighted by atomic mass is 32.2. The van der Waals surface area contributed by atoms with Crippen LogP contribution in [-0.2, 0) is 59.2 Å². The predicted octanol–water partition coefficient (Wildman–Crippen LogP) is -3.04. The van der Waals surface area contributed by atoms with Gasteiger partial charge in [-0.05, 0) is 94.2 Å². The molecule has 1 aromatic rings. The molecule has 1 heterocycles. The van der Waals surface area contributed by atoms with Gasteiger partial charge in [-0.2, -0.15) is 11.8 Å². The number of nitrogens with zero attached hydrogens (tertiary/aromatic N) is 1. The molecule has 1 fully saturated rings. The molecular weight excluding hydrogens is 1030 g/mol. The number of nitrogens with one attached hydrogen (secondary N) is 8. The summed E-state index contributed by atoms with van der Waals surface area (Å²) in [5, 5.41) is 58.8. The molecular formula is C50H81N11O15S. The van der Waals surface area contributed by atoms with E-state index in [9.17, 15) is 68.1 Å². The minimum atomic E-state index is -1.69. The number of carbonyl (C=O) groups excluding carboxylic acids is 9. The standard InChI is InChI=1S/C50H81N11O15S/c1-27(2)21-34(45(70)58-36(23-30-13-8-7-9-14-30)46(71)57-35(22-28(3)4)44(69)55-33(50(75)76)15-10-11-18-51)56-41(66)29(5)53-43(68)32(17-20-77-6)54-48(73)39-16-12-19-61(39)49(74)38(26-63)60-47(72)37(25-62)59-42(67)31(52)24-40(64)65/h7-9,13-14,27-29,31-39,62-63H,10-12,15-26,51-52H2,1-6H3,(H,53,68)(H,54,73)(H,55,69)(H,56,66)(H,57,71)(H,58,70)(H,59,67)(H,60,72)(H,64,65)(H,75,76)/t29-,31-,32-,33-,34-,35-,36-,37-,38-,39-/m0/s1. The number of rotatable bonds is 35. The summed E-state index contributed by atoms with van der Waals surface area (Å²) in [5.74, 6) is -10.2. The van der Waals surface area contributed by atoms with Crippen LogP contribution < -0.4 is 54.0 Å². The summed E-state index contributed by atoms with van der Waals surface area (Å²) in [6.07, 6.45) is 2.81. The summed E-state index contributed by atoms with van der Waals surface area (Å²) >= 11 is 1.36. The van der Waals surface area contributed by atoms with Gasteiger partial charge in [0.05, 0.1) is 25.7 Å². The number of aliphatic hydroxyl groups is 2. The smallest absolute Gasteiger partial charge is 0.326 e. The van der Waals surface area contributed by atoms with Crippen LogP contribution in [-0.4, -0.2) is 189 Å². The minimum absolute atomic E-state index is 0.0102. The van der Waals surface area contributed by atoms with Gasteiger partial charge in [-0.15, -0.1) is 0 Å². The van der Waals surface area contributed by atoms with Crippen molar-refractivity contribution in [3.05, 3.63) is 35.9 Å². The number of carboxylic acid groups (broad SMARTS) is 2. The summed E-state index contributed by atoms with van der Waals surface area (Å²) in [7, 11) is 0. The van der Waals surface area contributed by atoms with Gasteiger partial charge in [0.1, 0.15) is 54.4 Å². The quantitative estimate of drug-likeness (QED) is 0.0301. The van der Waals surface area contributed by atoms with E-state index < -0.39 is 145 Å². The number of nitrogens with two attached hydrogens (primary N) is 2. The molecule has 1 saturated heterocycles. The number of likely N-dealkylation sites (tertiary alicyclic amines) is 1. The average molecular weight is 1110 g/mol. The molecule has 1 aliphatic rings. The topological polar surface area (TPSA) is 420 Å². The molecule has 2 rings (SSSR count). The van der Waals surface area contributed by atoms with Crippen molar-refractivity contribution in [2.75, 3.05) is 38.3 Å². The molecule has 432 valence electrons. The molecule has 0 unspecified atom stereocenters. The largest absolute Gasteiger partial charge is 0.481 e. The first kappa shape index (κ1) is 66.7. The van der Waals surface area contributed by atoms with Gasteiger partial charge in [-0.25, -0.2) is 4.79 Å². The SMILES string of the molecule is CSCC[C@H](NC(=O)[C@@H]1CCCN1C(=O)[C@H](CO)NC(=O)[C@H](CO)NC(=O)[C@@H](N)CC(=O)O)C(=O)N[C@@H](C)C(=O)N[C@@H](CC(C)C)C(=O)N[C@@H](Cc1ccccc1)C(=O)N[C@@H](CC(C)C)C(=O)N[C@@H](CCCCN)C(=O)O. The number of hydrogen-bond donors (Lipinski definition) is 14. The lowest BCUT2D eigenvalue weighted by Crippen LogP contribution is -2.61. The van der Waals surface area contributed by atoms with Gasteiger partial charge in [-0.1, -0.05) is 58.0 Å². The summed E-state index contributed by atoms with van der Waals surface area (Å²) in [6.45, 7) is 7.02. The van der Waals surface area contributed by atoms with Gasteiger partial charge >= 0.3 is 11.9 Å². The van der Waals surface area contributed by atoms with Gasteiger partial charge < -0.3 is 79.3 Å². The van der Waals surface area contributed by atoms with E-state index in [2.05, 4.69) is 42.5 Å². The Morgan fingerprint density at radius 1 is 0.623 bits per heavy atom. The Balaban J connectivity index is 2.27. The van der Waals surface area contributed by atoms with Crippen molar-refractivity contribution in [1.82, 2.24) is 47.4 Å². The van der Waals surface area contributed by atoms with Gasteiger partial charge in [0.2, 0.25) is 53.2 Å². The van der Waals surface area contributed by atoms with Gasteiger partial charge in [0, 0.05) is 13.0 Å². The first-order valence-corrected chi connectivity index (χ1v) is 27.1. The highest BCUT2D eigenvalue weighted by Gasteiger charge is 2.40. The zero-order chi connectivity index (χ0) is 57.9. The van der Waals surface area contributed by atoms with Crippen molar-refractivity contribution >= 4 is 76.9 Å². The van der Waals surface area contributed by atoms with E-state index in [0.29, 0.717) is 37.1 Å². The molecule has 0 aromatic heterocycles. The van der Waals surface area contributed by atoms with E-state index in [-0.39, 0.29) is 56.9 Å². The summed E-state index contributed by atoms with van der Waals surface area (Å²) in [5.41, 5.74) is 11.8. The second kappa shape index (κ2) is 34.4. The lowest BCUT2D eigenvalue weighted by molar-refractivity contribution is -0.143. The maximum Gasteiger partial charge on any atom is 0.326 e. The third-order valence-electron chi connectivity index (χ3n) is 12.3. The van der Waals surface area contributed by atoms with Crippen LogP contribution in [0.25, 0.3) is 0 Å². The van der Waals surface area contributed by atoms with Crippen molar-refractivity contribution in [2.45, 2.75) is 159 Å². The lowest BCUT2D eigenvalue weighted by atomic mass is 9.99. The Morgan fingerprint density at radius 2 is 1.13 bits per heavy atom. The molecule has 0 saturated carbocycles. The fourth-order valence-corrected chi connectivity index (χ4v) is 8.67. The van der Waals surface area contributed by atoms with Crippen molar-refractivity contribution in [3.63, 3.8) is 0 Å². The number of aliphatic carboxylic acids is 2. The molecule has 1 aromatic carbocycles. The highest BCUT2D eigenvalue weighted by molar-refractivity contribution is 7.98. The fraction of sp³-hybridized carbons (Fsp3) is 0.660. The summed E-state index contributed by atoms with van der Waals surface area (Å²) in [6, 6.07) is -4.83. The minimum Gasteiger partial charge on any atom is -0.481 e. The maximum absolute atomic E-state index is 14.2. The van der Waals surface area contributed by atoms with Gasteiger partial charge in [-0.3, -0.25) is 47.9 Å². The van der Waals surface area contributed by atoms with Crippen LogP contribution in [0.4, 0.5) is 0 Å². The number of amides is 9. The summed E-state index contributed by atoms with van der Waals surface area (Å²) < 4.78 is 0. The number of aliphatic hydroxyl groups excluding tert-OH is 2. The highest BCUT2D eigenvalue weighted by Crippen LogP contribution is 2.20. The second-order valence-electron chi connectivity index (χ2n) is 19.8. The molecule has 1 aliphatic heterocycles. The van der Waals surface area contributed by atoms with Crippen LogP contribution in [0.3, 0.4) is 0 Å². The van der Waals surface area contributed by atoms with Crippen LogP contribution in [0.5, 0.6) is 0 Å². The van der Waals surface area contributed by atoms with E-state index in [1.165, 1.54) is 18.7 Å². The number of carbonyl (C=O) groups is 11. The average Bonchev–Trinajstić information content (AvgIpc) is 3.87. The first-order chi connectivity index (χ1) is 36.4. The Bertz CT molecular complexity index is 2160. The molecule has 0 bridgehead atoms. The van der Waals surface area contributed by atoms with Crippen LogP contribution in [0.1, 0.15) is 98.0 Å². The Kier molecular flexibility index (Phi) is 29.8. The van der Waals surface area contributed by atoms with Crippen LogP contribution in [0, 0.1) is 11.8 Å². The molecule has 0 spiro atoms. The number of hydrogen-bond acceptors (Lipinski definition) is 16. The second-order valence-corrected chi connectivity index (χ2v) is 20.8. The Morgan fingerprint density at radius 3 is 1.66 bits per heavy atom. The van der Waals surface area contributed by atoms with Crippen molar-refractivity contribution in [3.8, 4) is 0 Å². The molecule has 16 N–H and O–H groups in total. The third kappa shape index (κ3) is 23.4. The maximum atomic E-state index is 14.2. The number of unbranched alkanes of at least 4 members (excludes halogenated alkanes) is 1. The Hall–Kier alpha value is -6.42. The molecule has 77 heavy (non-hydrogen) atoms. The molecule has 10 atom stereocenters. The number of benzene rings is 1. The normalized spacial score (nSPS) is 16.7. The van der Waals surface area contributed by atoms with Crippen LogP contribution in [0.15, 0.2) is 30.3 Å². The lowest BCUT2D eigenvalue weighted by Gasteiger charge is -2.30.